The summed E-state index contributed by atoms with van der Waals surface area (Å²) in [4.78, 5) is 6.78. The van der Waals surface area contributed by atoms with Crippen molar-refractivity contribution in [1.29, 1.82) is 0 Å². The molecule has 1 aromatic heterocycles. The van der Waals surface area contributed by atoms with E-state index in [-0.39, 0.29) is 0 Å². The Morgan fingerprint density at radius 2 is 1.54 bits per heavy atom. The molecule has 0 unspecified atom stereocenters. The van der Waals surface area contributed by atoms with Crippen molar-refractivity contribution < 1.29 is 9.26 Å². The standard InChI is InChI=1S/C18H16ClN3O2/c19-15-5-1-14(2-6-15)18-20-17(21-24-18)13-3-7-16(8-4-13)22-9-11-23-12-10-22/h1-8H,9-12H2. The van der Waals surface area contributed by atoms with Crippen molar-refractivity contribution in [2.24, 2.45) is 0 Å². The molecule has 4 rings (SSSR count). The van der Waals surface area contributed by atoms with E-state index in [1.54, 1.807) is 12.1 Å². The lowest BCUT2D eigenvalue weighted by molar-refractivity contribution is 0.122. The molecule has 0 saturated carbocycles. The fourth-order valence-corrected chi connectivity index (χ4v) is 2.82. The predicted molar refractivity (Wildman–Crippen MR) is 93.2 cm³/mol. The first-order valence-electron chi connectivity index (χ1n) is 7.82. The maximum atomic E-state index is 5.90. The summed E-state index contributed by atoms with van der Waals surface area (Å²) >= 11 is 5.90. The first kappa shape index (κ1) is 15.2. The lowest BCUT2D eigenvalue weighted by Crippen LogP contribution is -2.36. The van der Waals surface area contributed by atoms with Crippen molar-refractivity contribution in [3.05, 3.63) is 53.6 Å². The third-order valence-corrected chi connectivity index (χ3v) is 4.27. The van der Waals surface area contributed by atoms with Crippen molar-refractivity contribution in [2.45, 2.75) is 0 Å². The van der Waals surface area contributed by atoms with Crippen LogP contribution in [0.15, 0.2) is 53.1 Å². The third-order valence-electron chi connectivity index (χ3n) is 4.02. The Kier molecular flexibility index (Phi) is 4.19. The van der Waals surface area contributed by atoms with Gasteiger partial charge in [-0.15, -0.1) is 0 Å². The van der Waals surface area contributed by atoms with E-state index in [1.165, 1.54) is 5.69 Å². The minimum absolute atomic E-state index is 0.485. The first-order valence-corrected chi connectivity index (χ1v) is 8.20. The number of ether oxygens (including phenoxy) is 1. The molecule has 2 aromatic carbocycles. The van der Waals surface area contributed by atoms with Crippen LogP contribution in [0.4, 0.5) is 5.69 Å². The Balaban J connectivity index is 1.54. The summed E-state index contributed by atoms with van der Waals surface area (Å²) < 4.78 is 10.7. The lowest BCUT2D eigenvalue weighted by Gasteiger charge is -2.28. The number of rotatable bonds is 3. The molecular weight excluding hydrogens is 326 g/mol. The molecule has 0 spiro atoms. The van der Waals surface area contributed by atoms with E-state index in [0.29, 0.717) is 16.7 Å². The van der Waals surface area contributed by atoms with Gasteiger partial charge in [-0.05, 0) is 48.5 Å². The molecular formula is C18H16ClN3O2. The number of anilines is 1. The zero-order chi connectivity index (χ0) is 16.4. The second-order valence-corrected chi connectivity index (χ2v) is 6.01. The van der Waals surface area contributed by atoms with E-state index in [0.717, 1.165) is 37.4 Å². The minimum Gasteiger partial charge on any atom is -0.378 e. The summed E-state index contributed by atoms with van der Waals surface area (Å²) in [5.74, 6) is 1.06. The highest BCUT2D eigenvalue weighted by Gasteiger charge is 2.13. The van der Waals surface area contributed by atoms with Crippen molar-refractivity contribution in [3.63, 3.8) is 0 Å². The molecule has 0 N–H and O–H groups in total. The SMILES string of the molecule is Clc1ccc(-c2nc(-c3ccc(N4CCOCC4)cc3)no2)cc1. The summed E-state index contributed by atoms with van der Waals surface area (Å²) in [7, 11) is 0. The maximum Gasteiger partial charge on any atom is 0.258 e. The summed E-state index contributed by atoms with van der Waals surface area (Å²) in [6.45, 7) is 3.39. The Morgan fingerprint density at radius 1 is 0.875 bits per heavy atom. The molecule has 6 heteroatoms. The number of hydrogen-bond donors (Lipinski definition) is 0. The molecule has 0 amide bonds. The van der Waals surface area contributed by atoms with Gasteiger partial charge in [0.05, 0.1) is 13.2 Å². The Hall–Kier alpha value is -2.37. The van der Waals surface area contributed by atoms with Gasteiger partial charge in [-0.3, -0.25) is 0 Å². The average molecular weight is 342 g/mol. The second-order valence-electron chi connectivity index (χ2n) is 5.58. The molecule has 2 heterocycles. The monoisotopic (exact) mass is 341 g/mol. The maximum absolute atomic E-state index is 5.90. The number of benzene rings is 2. The van der Waals surface area contributed by atoms with Gasteiger partial charge in [0.1, 0.15) is 0 Å². The van der Waals surface area contributed by atoms with Crippen LogP contribution in [0.1, 0.15) is 0 Å². The van der Waals surface area contributed by atoms with Crippen LogP contribution in [-0.4, -0.2) is 36.4 Å². The van der Waals surface area contributed by atoms with Crippen LogP contribution in [0.2, 0.25) is 5.02 Å². The molecule has 1 fully saturated rings. The molecule has 122 valence electrons. The summed E-state index contributed by atoms with van der Waals surface area (Å²) in [6.07, 6.45) is 0. The normalized spacial score (nSPS) is 14.8. The van der Waals surface area contributed by atoms with Crippen molar-refractivity contribution >= 4 is 17.3 Å². The molecule has 1 aliphatic heterocycles. The Labute approximate surface area is 144 Å². The number of halogens is 1. The van der Waals surface area contributed by atoms with E-state index < -0.39 is 0 Å². The largest absolute Gasteiger partial charge is 0.378 e. The molecule has 1 saturated heterocycles. The summed E-state index contributed by atoms with van der Waals surface area (Å²) in [5, 5.41) is 4.75. The number of hydrogen-bond acceptors (Lipinski definition) is 5. The molecule has 0 bridgehead atoms. The summed E-state index contributed by atoms with van der Waals surface area (Å²) in [5.41, 5.74) is 2.96. The van der Waals surface area contributed by atoms with Crippen LogP contribution in [0.25, 0.3) is 22.8 Å². The van der Waals surface area contributed by atoms with Gasteiger partial charge in [-0.1, -0.05) is 16.8 Å². The fourth-order valence-electron chi connectivity index (χ4n) is 2.69. The van der Waals surface area contributed by atoms with Crippen LogP contribution >= 0.6 is 11.6 Å². The smallest absolute Gasteiger partial charge is 0.258 e. The van der Waals surface area contributed by atoms with Gasteiger partial charge in [-0.2, -0.15) is 4.98 Å². The van der Waals surface area contributed by atoms with E-state index >= 15 is 0 Å². The van der Waals surface area contributed by atoms with Gasteiger partial charge in [-0.25, -0.2) is 0 Å². The number of aromatic nitrogens is 2. The fraction of sp³-hybridized carbons (Fsp3) is 0.222. The topological polar surface area (TPSA) is 51.4 Å². The molecule has 0 radical (unpaired) electrons. The van der Waals surface area contributed by atoms with E-state index in [9.17, 15) is 0 Å². The van der Waals surface area contributed by atoms with Crippen LogP contribution < -0.4 is 4.90 Å². The highest BCUT2D eigenvalue weighted by atomic mass is 35.5. The van der Waals surface area contributed by atoms with Gasteiger partial charge in [0, 0.05) is 34.9 Å². The van der Waals surface area contributed by atoms with Crippen LogP contribution in [0, 0.1) is 0 Å². The Bertz CT molecular complexity index is 809. The van der Waals surface area contributed by atoms with E-state index in [2.05, 4.69) is 27.2 Å². The van der Waals surface area contributed by atoms with E-state index in [1.807, 2.05) is 24.3 Å². The molecule has 0 atom stereocenters. The zero-order valence-corrected chi connectivity index (χ0v) is 13.7. The predicted octanol–water partition coefficient (Wildman–Crippen LogP) is 3.89. The molecule has 5 nitrogen and oxygen atoms in total. The second kappa shape index (κ2) is 6.63. The van der Waals surface area contributed by atoms with Crippen LogP contribution in [-0.2, 0) is 4.74 Å². The van der Waals surface area contributed by atoms with Crippen LogP contribution in [0.5, 0.6) is 0 Å². The zero-order valence-electron chi connectivity index (χ0n) is 13.0. The summed E-state index contributed by atoms with van der Waals surface area (Å²) in [6, 6.07) is 15.5. The third kappa shape index (κ3) is 3.13. The van der Waals surface area contributed by atoms with Crippen molar-refractivity contribution in [1.82, 2.24) is 10.1 Å². The molecule has 3 aromatic rings. The quantitative estimate of drug-likeness (QED) is 0.723. The minimum atomic E-state index is 0.485. The van der Waals surface area contributed by atoms with Gasteiger partial charge in [0.2, 0.25) is 5.82 Å². The van der Waals surface area contributed by atoms with Crippen molar-refractivity contribution in [2.75, 3.05) is 31.2 Å². The number of morpholine rings is 1. The molecule has 1 aliphatic rings. The van der Waals surface area contributed by atoms with Crippen LogP contribution in [0.3, 0.4) is 0 Å². The lowest BCUT2D eigenvalue weighted by atomic mass is 10.1. The van der Waals surface area contributed by atoms with Gasteiger partial charge < -0.3 is 14.2 Å². The number of nitrogens with zero attached hydrogens (tertiary/aromatic N) is 3. The average Bonchev–Trinajstić information content (AvgIpc) is 3.13. The van der Waals surface area contributed by atoms with E-state index in [4.69, 9.17) is 20.9 Å². The molecule has 0 aliphatic carbocycles. The molecule has 24 heavy (non-hydrogen) atoms. The highest BCUT2D eigenvalue weighted by molar-refractivity contribution is 6.30. The van der Waals surface area contributed by atoms with Gasteiger partial charge in [0.25, 0.3) is 5.89 Å². The first-order chi connectivity index (χ1) is 11.8. The Morgan fingerprint density at radius 3 is 2.25 bits per heavy atom. The van der Waals surface area contributed by atoms with Gasteiger partial charge in [0.15, 0.2) is 0 Å². The van der Waals surface area contributed by atoms with Gasteiger partial charge >= 0.3 is 0 Å². The highest BCUT2D eigenvalue weighted by Crippen LogP contribution is 2.25. The van der Waals surface area contributed by atoms with Crippen molar-refractivity contribution in [3.8, 4) is 22.8 Å².